The van der Waals surface area contributed by atoms with Gasteiger partial charge in [0.15, 0.2) is 0 Å². The van der Waals surface area contributed by atoms with Crippen LogP contribution < -0.4 is 5.32 Å². The average Bonchev–Trinajstić information content (AvgIpc) is 2.17. The van der Waals surface area contributed by atoms with Gasteiger partial charge in [0.25, 0.3) is 0 Å². The molecule has 88 valence electrons. The quantitative estimate of drug-likeness (QED) is 0.687. The topological polar surface area (TPSA) is 66.4 Å². The number of carbonyl (C=O) groups is 2. The van der Waals surface area contributed by atoms with E-state index in [2.05, 4.69) is 5.32 Å². The molecule has 0 aliphatic carbocycles. The molecular formula is C11H21NO3. The van der Waals surface area contributed by atoms with Gasteiger partial charge in [-0.2, -0.15) is 0 Å². The lowest BCUT2D eigenvalue weighted by Crippen LogP contribution is -2.52. The SMILES string of the molecule is CCC(C)(CC)NC(=O)C(C)(C)C(=O)O. The second kappa shape index (κ2) is 4.64. The molecule has 0 aromatic carbocycles. The molecule has 0 saturated heterocycles. The smallest absolute Gasteiger partial charge is 0.318 e. The van der Waals surface area contributed by atoms with Gasteiger partial charge in [0, 0.05) is 5.54 Å². The number of carbonyl (C=O) groups excluding carboxylic acids is 1. The summed E-state index contributed by atoms with van der Waals surface area (Å²) in [5, 5.41) is 11.7. The van der Waals surface area contributed by atoms with Gasteiger partial charge in [0.1, 0.15) is 5.41 Å². The normalized spacial score (nSPS) is 12.3. The summed E-state index contributed by atoms with van der Waals surface area (Å²) in [6, 6.07) is 0. The maximum atomic E-state index is 11.7. The molecule has 0 aromatic rings. The minimum absolute atomic E-state index is 0.316. The molecule has 0 spiro atoms. The summed E-state index contributed by atoms with van der Waals surface area (Å²) in [6.45, 7) is 8.69. The first-order valence-electron chi connectivity index (χ1n) is 5.25. The Morgan fingerprint density at radius 3 is 1.80 bits per heavy atom. The third-order valence-corrected chi connectivity index (χ3v) is 3.08. The van der Waals surface area contributed by atoms with Gasteiger partial charge in [-0.3, -0.25) is 9.59 Å². The Kier molecular flexibility index (Phi) is 4.31. The van der Waals surface area contributed by atoms with E-state index in [-0.39, 0.29) is 5.54 Å². The highest BCUT2D eigenvalue weighted by atomic mass is 16.4. The highest BCUT2D eigenvalue weighted by Gasteiger charge is 2.38. The van der Waals surface area contributed by atoms with E-state index in [0.29, 0.717) is 0 Å². The molecule has 0 heterocycles. The lowest BCUT2D eigenvalue weighted by molar-refractivity contribution is -0.154. The van der Waals surface area contributed by atoms with Crippen molar-refractivity contribution in [3.63, 3.8) is 0 Å². The van der Waals surface area contributed by atoms with Crippen LogP contribution in [-0.2, 0) is 9.59 Å². The standard InChI is InChI=1S/C11H21NO3/c1-6-11(5,7-2)12-8(13)10(3,4)9(14)15/h6-7H2,1-5H3,(H,12,13)(H,14,15). The number of aliphatic carboxylic acids is 1. The van der Waals surface area contributed by atoms with Crippen molar-refractivity contribution in [2.75, 3.05) is 0 Å². The van der Waals surface area contributed by atoms with Gasteiger partial charge in [0.2, 0.25) is 5.91 Å². The summed E-state index contributed by atoms with van der Waals surface area (Å²) in [7, 11) is 0. The van der Waals surface area contributed by atoms with Crippen LogP contribution in [0.4, 0.5) is 0 Å². The van der Waals surface area contributed by atoms with Crippen molar-refractivity contribution >= 4 is 11.9 Å². The van der Waals surface area contributed by atoms with Crippen molar-refractivity contribution in [2.24, 2.45) is 5.41 Å². The maximum Gasteiger partial charge on any atom is 0.318 e. The molecule has 0 radical (unpaired) electrons. The van der Waals surface area contributed by atoms with Crippen LogP contribution in [0.1, 0.15) is 47.5 Å². The van der Waals surface area contributed by atoms with E-state index >= 15 is 0 Å². The molecule has 0 unspecified atom stereocenters. The Morgan fingerprint density at radius 2 is 1.53 bits per heavy atom. The summed E-state index contributed by atoms with van der Waals surface area (Å²) < 4.78 is 0. The van der Waals surface area contributed by atoms with Crippen molar-refractivity contribution in [2.45, 2.75) is 53.0 Å². The minimum atomic E-state index is -1.37. The summed E-state index contributed by atoms with van der Waals surface area (Å²) >= 11 is 0. The zero-order chi connectivity index (χ0) is 12.3. The number of rotatable bonds is 5. The molecule has 0 rings (SSSR count). The van der Waals surface area contributed by atoms with Crippen LogP contribution >= 0.6 is 0 Å². The van der Waals surface area contributed by atoms with Gasteiger partial charge in [0.05, 0.1) is 0 Å². The molecule has 1 amide bonds. The summed E-state index contributed by atoms with van der Waals surface area (Å²) in [6.07, 6.45) is 1.57. The van der Waals surface area contributed by atoms with Crippen molar-refractivity contribution in [1.82, 2.24) is 5.32 Å². The number of carboxylic acid groups (broad SMARTS) is 1. The second-order valence-corrected chi connectivity index (χ2v) is 4.65. The number of hydrogen-bond acceptors (Lipinski definition) is 2. The zero-order valence-corrected chi connectivity index (χ0v) is 10.2. The van der Waals surface area contributed by atoms with Gasteiger partial charge in [-0.25, -0.2) is 0 Å². The van der Waals surface area contributed by atoms with Crippen molar-refractivity contribution in [3.8, 4) is 0 Å². The van der Waals surface area contributed by atoms with E-state index in [1.807, 2.05) is 20.8 Å². The number of carboxylic acids is 1. The van der Waals surface area contributed by atoms with Crippen LogP contribution in [0.25, 0.3) is 0 Å². The Labute approximate surface area is 91.1 Å². The monoisotopic (exact) mass is 215 g/mol. The maximum absolute atomic E-state index is 11.7. The second-order valence-electron chi connectivity index (χ2n) is 4.65. The fourth-order valence-electron chi connectivity index (χ4n) is 0.954. The Hall–Kier alpha value is -1.06. The van der Waals surface area contributed by atoms with E-state index in [0.717, 1.165) is 12.8 Å². The van der Waals surface area contributed by atoms with Crippen molar-refractivity contribution < 1.29 is 14.7 Å². The van der Waals surface area contributed by atoms with E-state index in [4.69, 9.17) is 5.11 Å². The fourth-order valence-corrected chi connectivity index (χ4v) is 0.954. The summed E-state index contributed by atoms with van der Waals surface area (Å²) in [5.74, 6) is -1.53. The van der Waals surface area contributed by atoms with Crippen LogP contribution in [0.5, 0.6) is 0 Å². The highest BCUT2D eigenvalue weighted by Crippen LogP contribution is 2.20. The number of nitrogens with one attached hydrogen (secondary N) is 1. The van der Waals surface area contributed by atoms with Crippen molar-refractivity contribution in [1.29, 1.82) is 0 Å². The average molecular weight is 215 g/mol. The predicted octanol–water partition coefficient (Wildman–Crippen LogP) is 1.79. The first kappa shape index (κ1) is 13.9. The fraction of sp³-hybridized carbons (Fsp3) is 0.818. The summed E-state index contributed by atoms with van der Waals surface area (Å²) in [4.78, 5) is 22.6. The lowest BCUT2D eigenvalue weighted by atomic mass is 9.88. The van der Waals surface area contributed by atoms with E-state index in [1.54, 1.807) is 0 Å². The third-order valence-electron chi connectivity index (χ3n) is 3.08. The van der Waals surface area contributed by atoms with Crippen LogP contribution in [0.2, 0.25) is 0 Å². The first-order valence-corrected chi connectivity index (χ1v) is 5.25. The molecule has 0 atom stereocenters. The van der Waals surface area contributed by atoms with Crippen molar-refractivity contribution in [3.05, 3.63) is 0 Å². The van der Waals surface area contributed by atoms with E-state index in [9.17, 15) is 9.59 Å². The number of amides is 1. The van der Waals surface area contributed by atoms with Gasteiger partial charge in [-0.15, -0.1) is 0 Å². The molecule has 0 saturated carbocycles. The lowest BCUT2D eigenvalue weighted by Gasteiger charge is -2.31. The Balaban J connectivity index is 4.69. The largest absolute Gasteiger partial charge is 0.480 e. The first-order chi connectivity index (χ1) is 6.69. The summed E-state index contributed by atoms with van der Waals surface area (Å²) in [5.41, 5.74) is -1.69. The molecule has 2 N–H and O–H groups in total. The van der Waals surface area contributed by atoms with E-state index in [1.165, 1.54) is 13.8 Å². The van der Waals surface area contributed by atoms with Crippen LogP contribution in [0, 0.1) is 5.41 Å². The molecule has 0 bridgehead atoms. The zero-order valence-electron chi connectivity index (χ0n) is 10.2. The molecule has 0 fully saturated rings. The molecular weight excluding hydrogens is 194 g/mol. The van der Waals surface area contributed by atoms with Gasteiger partial charge in [-0.05, 0) is 33.6 Å². The molecule has 0 aliphatic rings. The Morgan fingerprint density at radius 1 is 1.13 bits per heavy atom. The molecule has 15 heavy (non-hydrogen) atoms. The number of hydrogen-bond donors (Lipinski definition) is 2. The predicted molar refractivity (Wildman–Crippen MR) is 58.5 cm³/mol. The van der Waals surface area contributed by atoms with E-state index < -0.39 is 17.3 Å². The molecule has 4 nitrogen and oxygen atoms in total. The van der Waals surface area contributed by atoms with Gasteiger partial charge in [-0.1, -0.05) is 13.8 Å². The molecule has 0 aliphatic heterocycles. The van der Waals surface area contributed by atoms with Crippen LogP contribution in [0.3, 0.4) is 0 Å². The third kappa shape index (κ3) is 3.22. The molecule has 0 aromatic heterocycles. The van der Waals surface area contributed by atoms with Gasteiger partial charge >= 0.3 is 5.97 Å². The molecule has 4 heteroatoms. The van der Waals surface area contributed by atoms with Crippen LogP contribution in [-0.4, -0.2) is 22.5 Å². The Bertz CT molecular complexity index is 255. The van der Waals surface area contributed by atoms with Crippen LogP contribution in [0.15, 0.2) is 0 Å². The highest BCUT2D eigenvalue weighted by molar-refractivity contribution is 6.01. The van der Waals surface area contributed by atoms with Gasteiger partial charge < -0.3 is 10.4 Å². The minimum Gasteiger partial charge on any atom is -0.480 e.